The van der Waals surface area contributed by atoms with Crippen LogP contribution in [0.4, 0.5) is 0 Å². The first kappa shape index (κ1) is 14.8. The highest BCUT2D eigenvalue weighted by molar-refractivity contribution is 8.13. The Morgan fingerprint density at radius 1 is 1.67 bits per heavy atom. The molecule has 7 heteroatoms. The lowest BCUT2D eigenvalue weighted by Gasteiger charge is -2.20. The number of carbonyl (C=O) groups excluding carboxylic acids is 2. The van der Waals surface area contributed by atoms with Gasteiger partial charge in [0.15, 0.2) is 10.6 Å². The molecule has 1 aliphatic heterocycles. The van der Waals surface area contributed by atoms with E-state index in [0.29, 0.717) is 18.6 Å². The van der Waals surface area contributed by atoms with E-state index in [1.54, 1.807) is 13.8 Å². The number of cyclic esters (lactones) is 1. The molecule has 1 fully saturated rings. The van der Waals surface area contributed by atoms with Crippen molar-refractivity contribution in [3.63, 3.8) is 0 Å². The Bertz CT molecular complexity index is 361. The number of hydrogen-bond acceptors (Lipinski definition) is 6. The standard InChI is InChI=1S/C11H18N2O4S/c1-3-11(8(14)16-4-2)5-7(17-9(11)15)6-18-10(12)13/h7H,3-6H2,1-2H3,(H3,12,13)/t7-,11+/m0/s1. The predicted molar refractivity (Wildman–Crippen MR) is 68.2 cm³/mol. The first-order chi connectivity index (χ1) is 8.46. The molecule has 18 heavy (non-hydrogen) atoms. The third kappa shape index (κ3) is 2.95. The number of rotatable bonds is 5. The van der Waals surface area contributed by atoms with Gasteiger partial charge in [-0.2, -0.15) is 0 Å². The summed E-state index contributed by atoms with van der Waals surface area (Å²) < 4.78 is 10.1. The predicted octanol–water partition coefficient (Wildman–Crippen LogP) is 0.888. The van der Waals surface area contributed by atoms with Crippen LogP contribution in [0.2, 0.25) is 0 Å². The van der Waals surface area contributed by atoms with Crippen LogP contribution < -0.4 is 5.73 Å². The van der Waals surface area contributed by atoms with Crippen LogP contribution in [0.15, 0.2) is 0 Å². The van der Waals surface area contributed by atoms with Gasteiger partial charge in [-0.3, -0.25) is 15.0 Å². The zero-order valence-corrected chi connectivity index (χ0v) is 11.3. The van der Waals surface area contributed by atoms with Gasteiger partial charge in [-0.1, -0.05) is 18.7 Å². The minimum Gasteiger partial charge on any atom is -0.465 e. The summed E-state index contributed by atoms with van der Waals surface area (Å²) in [6.07, 6.45) is 0.253. The van der Waals surface area contributed by atoms with Crippen molar-refractivity contribution in [1.82, 2.24) is 0 Å². The van der Waals surface area contributed by atoms with Crippen LogP contribution in [0, 0.1) is 10.8 Å². The summed E-state index contributed by atoms with van der Waals surface area (Å²) in [6.45, 7) is 3.70. The van der Waals surface area contributed by atoms with Crippen molar-refractivity contribution >= 4 is 28.9 Å². The maximum absolute atomic E-state index is 11.9. The maximum Gasteiger partial charge on any atom is 0.323 e. The van der Waals surface area contributed by atoms with Gasteiger partial charge in [0, 0.05) is 12.2 Å². The van der Waals surface area contributed by atoms with Crippen molar-refractivity contribution in [1.29, 1.82) is 5.41 Å². The summed E-state index contributed by atoms with van der Waals surface area (Å²) in [6, 6.07) is 0. The number of esters is 2. The van der Waals surface area contributed by atoms with Gasteiger partial charge in [0.1, 0.15) is 6.10 Å². The smallest absolute Gasteiger partial charge is 0.323 e. The molecule has 0 amide bonds. The van der Waals surface area contributed by atoms with E-state index in [9.17, 15) is 9.59 Å². The van der Waals surface area contributed by atoms with E-state index >= 15 is 0 Å². The quantitative estimate of drug-likeness (QED) is 0.334. The summed E-state index contributed by atoms with van der Waals surface area (Å²) in [5.74, 6) is -0.659. The van der Waals surface area contributed by atoms with Gasteiger partial charge in [0.25, 0.3) is 0 Å². The molecular weight excluding hydrogens is 256 g/mol. The second-order valence-electron chi connectivity index (χ2n) is 4.06. The Morgan fingerprint density at radius 3 is 2.83 bits per heavy atom. The molecule has 1 aliphatic rings. The third-order valence-corrected chi connectivity index (χ3v) is 3.78. The average molecular weight is 274 g/mol. The van der Waals surface area contributed by atoms with Gasteiger partial charge < -0.3 is 15.2 Å². The minimum absolute atomic E-state index is 0.0313. The van der Waals surface area contributed by atoms with Gasteiger partial charge >= 0.3 is 11.9 Å². The van der Waals surface area contributed by atoms with Crippen molar-refractivity contribution in [2.24, 2.45) is 11.1 Å². The van der Waals surface area contributed by atoms with Crippen molar-refractivity contribution in [2.75, 3.05) is 12.4 Å². The zero-order chi connectivity index (χ0) is 13.8. The second kappa shape index (κ2) is 6.08. The molecule has 6 nitrogen and oxygen atoms in total. The number of amidine groups is 1. The molecule has 0 unspecified atom stereocenters. The fourth-order valence-electron chi connectivity index (χ4n) is 1.92. The van der Waals surface area contributed by atoms with Crippen LogP contribution in [0.25, 0.3) is 0 Å². The van der Waals surface area contributed by atoms with Crippen LogP contribution in [0.5, 0.6) is 0 Å². The Balaban J connectivity index is 2.73. The van der Waals surface area contributed by atoms with Gasteiger partial charge in [0.05, 0.1) is 6.61 Å². The summed E-state index contributed by atoms with van der Waals surface area (Å²) in [5.41, 5.74) is 4.04. The highest BCUT2D eigenvalue weighted by Crippen LogP contribution is 2.39. The number of nitrogens with one attached hydrogen (secondary N) is 1. The van der Waals surface area contributed by atoms with Crippen molar-refractivity contribution in [2.45, 2.75) is 32.8 Å². The SMILES string of the molecule is CCOC(=O)[C@@]1(CC)C[C@@H](CSC(=N)N)OC1=O. The molecule has 2 atom stereocenters. The van der Waals surface area contributed by atoms with E-state index in [-0.39, 0.29) is 11.8 Å². The van der Waals surface area contributed by atoms with Gasteiger partial charge in [-0.05, 0) is 13.3 Å². The van der Waals surface area contributed by atoms with E-state index < -0.39 is 23.5 Å². The second-order valence-corrected chi connectivity index (χ2v) is 5.12. The van der Waals surface area contributed by atoms with E-state index in [4.69, 9.17) is 20.6 Å². The van der Waals surface area contributed by atoms with Gasteiger partial charge in [-0.15, -0.1) is 0 Å². The molecule has 0 radical (unpaired) electrons. The Labute approximate surface area is 110 Å². The Morgan fingerprint density at radius 2 is 2.33 bits per heavy atom. The zero-order valence-electron chi connectivity index (χ0n) is 10.5. The summed E-state index contributed by atoms with van der Waals surface area (Å²) in [7, 11) is 0. The molecule has 0 spiro atoms. The fraction of sp³-hybridized carbons (Fsp3) is 0.727. The van der Waals surface area contributed by atoms with E-state index in [0.717, 1.165) is 11.8 Å². The lowest BCUT2D eigenvalue weighted by atomic mass is 9.82. The van der Waals surface area contributed by atoms with Crippen LogP contribution >= 0.6 is 11.8 Å². The molecule has 0 aromatic carbocycles. The largest absolute Gasteiger partial charge is 0.465 e. The highest BCUT2D eigenvalue weighted by atomic mass is 32.2. The number of ether oxygens (including phenoxy) is 2. The lowest BCUT2D eigenvalue weighted by Crippen LogP contribution is -2.36. The Kier molecular flexibility index (Phi) is 5.01. The van der Waals surface area contributed by atoms with Gasteiger partial charge in [0.2, 0.25) is 0 Å². The number of carbonyl (C=O) groups is 2. The molecule has 0 aromatic rings. The molecule has 0 aliphatic carbocycles. The molecule has 0 bridgehead atoms. The number of nitrogens with two attached hydrogens (primary N) is 1. The topological polar surface area (TPSA) is 102 Å². The normalized spacial score (nSPS) is 26.8. The maximum atomic E-state index is 11.9. The van der Waals surface area contributed by atoms with Crippen molar-refractivity contribution < 1.29 is 19.1 Å². The molecule has 0 aromatic heterocycles. The monoisotopic (exact) mass is 274 g/mol. The molecule has 102 valence electrons. The van der Waals surface area contributed by atoms with Crippen LogP contribution in [-0.2, 0) is 19.1 Å². The van der Waals surface area contributed by atoms with Crippen LogP contribution in [0.3, 0.4) is 0 Å². The molecule has 3 N–H and O–H groups in total. The van der Waals surface area contributed by atoms with Crippen LogP contribution in [0.1, 0.15) is 26.7 Å². The summed E-state index contributed by atoms with van der Waals surface area (Å²) in [5, 5.41) is 7.08. The van der Waals surface area contributed by atoms with Crippen molar-refractivity contribution in [3.05, 3.63) is 0 Å². The molecule has 1 heterocycles. The van der Waals surface area contributed by atoms with Gasteiger partial charge in [-0.25, -0.2) is 0 Å². The number of thioether (sulfide) groups is 1. The van der Waals surface area contributed by atoms with E-state index in [2.05, 4.69) is 0 Å². The first-order valence-electron chi connectivity index (χ1n) is 5.81. The molecular formula is C11H18N2O4S. The van der Waals surface area contributed by atoms with Crippen LogP contribution in [-0.4, -0.2) is 35.6 Å². The average Bonchev–Trinajstić information content (AvgIpc) is 2.64. The van der Waals surface area contributed by atoms with E-state index in [1.807, 2.05) is 0 Å². The first-order valence-corrected chi connectivity index (χ1v) is 6.80. The minimum atomic E-state index is -1.18. The third-order valence-electron chi connectivity index (χ3n) is 2.94. The van der Waals surface area contributed by atoms with Crippen molar-refractivity contribution in [3.8, 4) is 0 Å². The highest BCUT2D eigenvalue weighted by Gasteiger charge is 2.54. The lowest BCUT2D eigenvalue weighted by molar-refractivity contribution is -0.165. The fourth-order valence-corrected chi connectivity index (χ4v) is 2.47. The Hall–Kier alpha value is -1.24. The van der Waals surface area contributed by atoms with E-state index in [1.165, 1.54) is 0 Å². The molecule has 1 rings (SSSR count). The molecule has 0 saturated carbocycles. The molecule has 1 saturated heterocycles. The summed E-state index contributed by atoms with van der Waals surface area (Å²) in [4.78, 5) is 23.8. The number of hydrogen-bond donors (Lipinski definition) is 2. The summed E-state index contributed by atoms with van der Waals surface area (Å²) >= 11 is 1.10.